The van der Waals surface area contributed by atoms with Crippen molar-refractivity contribution in [1.82, 2.24) is 9.78 Å². The molecule has 0 saturated heterocycles. The number of aryl methyl sites for hydroxylation is 2. The second-order valence-corrected chi connectivity index (χ2v) is 3.69. The van der Waals surface area contributed by atoms with E-state index >= 15 is 0 Å². The molecule has 0 aliphatic heterocycles. The topological polar surface area (TPSA) is 81.1 Å². The van der Waals surface area contributed by atoms with E-state index in [1.807, 2.05) is 13.8 Å². The summed E-state index contributed by atoms with van der Waals surface area (Å²) in [5, 5.41) is 13.3. The second kappa shape index (κ2) is 4.44. The van der Waals surface area contributed by atoms with Crippen LogP contribution in [0.15, 0.2) is 0 Å². The van der Waals surface area contributed by atoms with E-state index in [-0.39, 0.29) is 0 Å². The van der Waals surface area contributed by atoms with Crippen LogP contribution in [0.2, 0.25) is 0 Å². The fraction of sp³-hybridized carbons (Fsp3) is 0.600. The predicted molar refractivity (Wildman–Crippen MR) is 56.7 cm³/mol. The summed E-state index contributed by atoms with van der Waals surface area (Å²) in [5.74, 6) is -1.40. The average Bonchev–Trinajstić information content (AvgIpc) is 2.38. The van der Waals surface area contributed by atoms with Crippen molar-refractivity contribution in [2.75, 3.05) is 6.54 Å². The minimum Gasteiger partial charge on any atom is -0.481 e. The molecule has 1 heterocycles. The molecule has 0 radical (unpaired) electrons. The summed E-state index contributed by atoms with van der Waals surface area (Å²) in [6.45, 7) is 4.13. The number of carbonyl (C=O) groups is 1. The maximum atomic E-state index is 11.1. The number of aliphatic carboxylic acids is 1. The van der Waals surface area contributed by atoms with Crippen LogP contribution < -0.4 is 5.73 Å². The lowest BCUT2D eigenvalue weighted by Crippen LogP contribution is -2.19. The van der Waals surface area contributed by atoms with Gasteiger partial charge in [-0.15, -0.1) is 0 Å². The van der Waals surface area contributed by atoms with Crippen LogP contribution in [-0.2, 0) is 11.8 Å². The highest BCUT2D eigenvalue weighted by molar-refractivity contribution is 5.76. The number of nitrogens with zero attached hydrogens (tertiary/aromatic N) is 2. The molecule has 84 valence electrons. The quantitative estimate of drug-likeness (QED) is 0.762. The van der Waals surface area contributed by atoms with Crippen LogP contribution in [0.5, 0.6) is 0 Å². The van der Waals surface area contributed by atoms with Gasteiger partial charge in [0.15, 0.2) is 0 Å². The molecule has 0 aromatic carbocycles. The lowest BCUT2D eigenvalue weighted by molar-refractivity contribution is -0.139. The summed E-state index contributed by atoms with van der Waals surface area (Å²) < 4.78 is 1.64. The number of aromatic nitrogens is 2. The third kappa shape index (κ3) is 2.18. The van der Waals surface area contributed by atoms with Gasteiger partial charge in [0.1, 0.15) is 0 Å². The van der Waals surface area contributed by atoms with Crippen molar-refractivity contribution in [1.29, 1.82) is 0 Å². The highest BCUT2D eigenvalue weighted by Gasteiger charge is 2.25. The third-order valence-corrected chi connectivity index (χ3v) is 2.66. The highest BCUT2D eigenvalue weighted by Crippen LogP contribution is 2.24. The molecule has 0 fully saturated rings. The predicted octanol–water partition coefficient (Wildman–Crippen LogP) is 0.554. The molecule has 0 saturated carbocycles. The fourth-order valence-electron chi connectivity index (χ4n) is 1.81. The molecule has 0 spiro atoms. The molecule has 1 aromatic heterocycles. The number of carboxylic acids is 1. The largest absolute Gasteiger partial charge is 0.481 e. The lowest BCUT2D eigenvalue weighted by atomic mass is 9.97. The van der Waals surface area contributed by atoms with Gasteiger partial charge in [0.2, 0.25) is 0 Å². The Morgan fingerprint density at radius 2 is 2.20 bits per heavy atom. The van der Waals surface area contributed by atoms with Gasteiger partial charge in [-0.25, -0.2) is 0 Å². The zero-order valence-electron chi connectivity index (χ0n) is 9.32. The summed E-state index contributed by atoms with van der Waals surface area (Å²) >= 11 is 0. The van der Waals surface area contributed by atoms with Crippen molar-refractivity contribution >= 4 is 5.97 Å². The summed E-state index contributed by atoms with van der Waals surface area (Å²) in [7, 11) is 1.77. The number of rotatable bonds is 4. The zero-order valence-corrected chi connectivity index (χ0v) is 9.32. The van der Waals surface area contributed by atoms with Gasteiger partial charge in [0, 0.05) is 7.05 Å². The first-order valence-electron chi connectivity index (χ1n) is 4.92. The van der Waals surface area contributed by atoms with E-state index in [0.29, 0.717) is 13.0 Å². The van der Waals surface area contributed by atoms with Crippen molar-refractivity contribution in [3.8, 4) is 0 Å². The van der Waals surface area contributed by atoms with Crippen LogP contribution in [0.1, 0.15) is 29.3 Å². The molecule has 1 unspecified atom stereocenters. The van der Waals surface area contributed by atoms with Crippen LogP contribution >= 0.6 is 0 Å². The van der Waals surface area contributed by atoms with Gasteiger partial charge >= 0.3 is 5.97 Å². The van der Waals surface area contributed by atoms with Gasteiger partial charge in [0.05, 0.1) is 17.3 Å². The molecular formula is C10H17N3O2. The Morgan fingerprint density at radius 1 is 1.60 bits per heavy atom. The lowest BCUT2D eigenvalue weighted by Gasteiger charge is -2.12. The fourth-order valence-corrected chi connectivity index (χ4v) is 1.81. The first-order chi connectivity index (χ1) is 6.99. The SMILES string of the molecule is Cc1nn(C)c(C(CCN)C(=O)O)c1C. The molecule has 5 heteroatoms. The molecule has 0 aliphatic carbocycles. The van der Waals surface area contributed by atoms with Crippen molar-refractivity contribution < 1.29 is 9.90 Å². The van der Waals surface area contributed by atoms with Crippen molar-refractivity contribution in [2.45, 2.75) is 26.2 Å². The smallest absolute Gasteiger partial charge is 0.312 e. The summed E-state index contributed by atoms with van der Waals surface area (Å²) in [5.41, 5.74) is 7.99. The molecule has 15 heavy (non-hydrogen) atoms. The zero-order chi connectivity index (χ0) is 11.6. The van der Waals surface area contributed by atoms with E-state index in [4.69, 9.17) is 10.8 Å². The average molecular weight is 211 g/mol. The van der Waals surface area contributed by atoms with Crippen LogP contribution in [-0.4, -0.2) is 27.4 Å². The Kier molecular flexibility index (Phi) is 3.47. The molecular weight excluding hydrogens is 194 g/mol. The van der Waals surface area contributed by atoms with Gasteiger partial charge in [-0.2, -0.15) is 5.10 Å². The molecule has 1 atom stereocenters. The third-order valence-electron chi connectivity index (χ3n) is 2.66. The van der Waals surface area contributed by atoms with Gasteiger partial charge in [-0.3, -0.25) is 9.48 Å². The Labute approximate surface area is 88.9 Å². The van der Waals surface area contributed by atoms with Crippen LogP contribution in [0.25, 0.3) is 0 Å². The van der Waals surface area contributed by atoms with Crippen LogP contribution in [0, 0.1) is 13.8 Å². The highest BCUT2D eigenvalue weighted by atomic mass is 16.4. The maximum absolute atomic E-state index is 11.1. The first-order valence-corrected chi connectivity index (χ1v) is 4.92. The van der Waals surface area contributed by atoms with Crippen molar-refractivity contribution in [3.63, 3.8) is 0 Å². The number of hydrogen-bond acceptors (Lipinski definition) is 3. The van der Waals surface area contributed by atoms with E-state index in [2.05, 4.69) is 5.10 Å². The van der Waals surface area contributed by atoms with E-state index in [0.717, 1.165) is 17.0 Å². The normalized spacial score (nSPS) is 12.8. The standard InChI is InChI=1S/C10H17N3O2/c1-6-7(2)12-13(3)9(6)8(4-5-11)10(14)15/h8H,4-5,11H2,1-3H3,(H,14,15). The second-order valence-electron chi connectivity index (χ2n) is 3.69. The molecule has 1 rings (SSSR count). The Bertz CT molecular complexity index is 371. The molecule has 1 aromatic rings. The summed E-state index contributed by atoms with van der Waals surface area (Å²) in [4.78, 5) is 11.1. The minimum atomic E-state index is -0.841. The Morgan fingerprint density at radius 3 is 2.53 bits per heavy atom. The van der Waals surface area contributed by atoms with Gasteiger partial charge in [0.25, 0.3) is 0 Å². The van der Waals surface area contributed by atoms with E-state index in [1.54, 1.807) is 11.7 Å². The first kappa shape index (κ1) is 11.7. The van der Waals surface area contributed by atoms with Gasteiger partial charge < -0.3 is 10.8 Å². The van der Waals surface area contributed by atoms with Crippen molar-refractivity contribution in [3.05, 3.63) is 17.0 Å². The van der Waals surface area contributed by atoms with Crippen LogP contribution in [0.4, 0.5) is 0 Å². The minimum absolute atomic E-state index is 0.362. The molecule has 0 aliphatic rings. The molecule has 0 bridgehead atoms. The monoisotopic (exact) mass is 211 g/mol. The number of nitrogens with two attached hydrogens (primary N) is 1. The van der Waals surface area contributed by atoms with Gasteiger partial charge in [-0.1, -0.05) is 0 Å². The van der Waals surface area contributed by atoms with Crippen LogP contribution in [0.3, 0.4) is 0 Å². The molecule has 3 N–H and O–H groups in total. The number of hydrogen-bond donors (Lipinski definition) is 2. The van der Waals surface area contributed by atoms with E-state index in [9.17, 15) is 4.79 Å². The van der Waals surface area contributed by atoms with Gasteiger partial charge in [-0.05, 0) is 32.4 Å². The molecule has 0 amide bonds. The van der Waals surface area contributed by atoms with Crippen molar-refractivity contribution in [2.24, 2.45) is 12.8 Å². The Balaban J connectivity index is 3.15. The Hall–Kier alpha value is -1.36. The van der Waals surface area contributed by atoms with E-state index < -0.39 is 11.9 Å². The summed E-state index contributed by atoms with van der Waals surface area (Å²) in [6.07, 6.45) is 0.440. The molecule has 5 nitrogen and oxygen atoms in total. The summed E-state index contributed by atoms with van der Waals surface area (Å²) in [6, 6.07) is 0. The van der Waals surface area contributed by atoms with E-state index in [1.165, 1.54) is 0 Å². The maximum Gasteiger partial charge on any atom is 0.312 e. The number of carboxylic acid groups (broad SMARTS) is 1.